The van der Waals surface area contributed by atoms with Gasteiger partial charge in [0.25, 0.3) is 5.91 Å². The summed E-state index contributed by atoms with van der Waals surface area (Å²) in [4.78, 5) is 14.2. The number of benzene rings is 1. The van der Waals surface area contributed by atoms with Crippen LogP contribution in [0, 0.1) is 12.7 Å². The molecule has 1 fully saturated rings. The Morgan fingerprint density at radius 3 is 2.59 bits per heavy atom. The van der Waals surface area contributed by atoms with Crippen molar-refractivity contribution < 1.29 is 9.18 Å². The first-order chi connectivity index (χ1) is 12.5. The summed E-state index contributed by atoms with van der Waals surface area (Å²) in [6.07, 6.45) is 3.77. The van der Waals surface area contributed by atoms with Crippen LogP contribution >= 0.6 is 23.7 Å². The van der Waals surface area contributed by atoms with Gasteiger partial charge in [-0.05, 0) is 62.9 Å². The summed E-state index contributed by atoms with van der Waals surface area (Å²) in [5.41, 5.74) is 7.56. The molecule has 1 aromatic carbocycles. The van der Waals surface area contributed by atoms with Crippen LogP contribution in [0.1, 0.15) is 41.0 Å². The van der Waals surface area contributed by atoms with Crippen LogP contribution in [0.4, 0.5) is 4.39 Å². The van der Waals surface area contributed by atoms with E-state index in [1.54, 1.807) is 16.8 Å². The van der Waals surface area contributed by atoms with E-state index in [0.717, 1.165) is 47.3 Å². The van der Waals surface area contributed by atoms with E-state index >= 15 is 0 Å². The van der Waals surface area contributed by atoms with Crippen LogP contribution in [0.5, 0.6) is 0 Å². The molecule has 1 amide bonds. The molecular formula is C19H22ClFN4OS. The first-order valence-electron chi connectivity index (χ1n) is 8.83. The summed E-state index contributed by atoms with van der Waals surface area (Å²) in [6.45, 7) is 1.92. The predicted molar refractivity (Wildman–Crippen MR) is 109 cm³/mol. The van der Waals surface area contributed by atoms with E-state index in [0.29, 0.717) is 4.88 Å². The topological polar surface area (TPSA) is 72.9 Å². The van der Waals surface area contributed by atoms with Crippen molar-refractivity contribution in [3.05, 3.63) is 46.7 Å². The Balaban J connectivity index is 0.00000210. The number of aryl methyl sites for hydroxylation is 1. The average molecular weight is 409 g/mol. The monoisotopic (exact) mass is 408 g/mol. The Hall–Kier alpha value is -1.96. The molecule has 2 heterocycles. The molecule has 0 unspecified atom stereocenters. The quantitative estimate of drug-likeness (QED) is 0.689. The standard InChI is InChI=1S/C19H21FN4OS.ClH/c1-11-16-10-17(18(25)22-14-6-4-13(21)5-7-14)26-19(16)24(23-11)15-8-2-12(20)3-9-15;/h2-3,8-10,13-14H,4-7,21H2,1H3,(H,22,25);1H. The number of carbonyl (C=O) groups excluding carboxylic acids is 1. The number of aromatic nitrogens is 2. The minimum absolute atomic E-state index is 0. The fourth-order valence-corrected chi connectivity index (χ4v) is 4.52. The summed E-state index contributed by atoms with van der Waals surface area (Å²) < 4.78 is 15.0. The zero-order chi connectivity index (χ0) is 18.3. The third-order valence-electron chi connectivity index (χ3n) is 4.95. The lowest BCUT2D eigenvalue weighted by atomic mass is 9.92. The smallest absolute Gasteiger partial charge is 0.261 e. The molecule has 0 bridgehead atoms. The molecule has 3 aromatic rings. The summed E-state index contributed by atoms with van der Waals surface area (Å²) in [5.74, 6) is -0.330. The number of hydrogen-bond acceptors (Lipinski definition) is 4. The highest BCUT2D eigenvalue weighted by atomic mass is 35.5. The number of halogens is 2. The molecule has 3 N–H and O–H groups in total. The van der Waals surface area contributed by atoms with E-state index < -0.39 is 0 Å². The van der Waals surface area contributed by atoms with Crippen LogP contribution < -0.4 is 11.1 Å². The third kappa shape index (κ3) is 4.00. The molecule has 2 aromatic heterocycles. The zero-order valence-electron chi connectivity index (χ0n) is 14.9. The Labute approximate surface area is 167 Å². The molecule has 0 saturated heterocycles. The molecule has 4 rings (SSSR count). The van der Waals surface area contributed by atoms with Crippen LogP contribution in [0.3, 0.4) is 0 Å². The van der Waals surface area contributed by atoms with Gasteiger partial charge in [0, 0.05) is 17.5 Å². The summed E-state index contributed by atoms with van der Waals surface area (Å²) in [6, 6.07) is 8.55. The normalized spacial score (nSPS) is 19.7. The zero-order valence-corrected chi connectivity index (χ0v) is 16.6. The number of nitrogens with one attached hydrogen (secondary N) is 1. The third-order valence-corrected chi connectivity index (χ3v) is 6.06. The van der Waals surface area contributed by atoms with E-state index in [1.165, 1.54) is 23.5 Å². The van der Waals surface area contributed by atoms with Crippen LogP contribution in [0.25, 0.3) is 15.9 Å². The predicted octanol–water partition coefficient (Wildman–Crippen LogP) is 3.96. The maximum absolute atomic E-state index is 13.2. The van der Waals surface area contributed by atoms with Gasteiger partial charge in [0.05, 0.1) is 16.3 Å². The molecule has 0 aliphatic heterocycles. The molecule has 0 atom stereocenters. The summed E-state index contributed by atoms with van der Waals surface area (Å²) in [7, 11) is 0. The number of carbonyl (C=O) groups is 1. The second kappa shape index (κ2) is 7.96. The summed E-state index contributed by atoms with van der Waals surface area (Å²) >= 11 is 1.41. The summed E-state index contributed by atoms with van der Waals surface area (Å²) in [5, 5.41) is 8.62. The molecule has 27 heavy (non-hydrogen) atoms. The average Bonchev–Trinajstić information content (AvgIpc) is 3.19. The van der Waals surface area contributed by atoms with Crippen LogP contribution in [0.15, 0.2) is 30.3 Å². The molecule has 5 nitrogen and oxygen atoms in total. The molecule has 144 valence electrons. The van der Waals surface area contributed by atoms with Crippen molar-refractivity contribution in [3.63, 3.8) is 0 Å². The Bertz CT molecular complexity index is 945. The Morgan fingerprint density at radius 2 is 1.93 bits per heavy atom. The van der Waals surface area contributed by atoms with Gasteiger partial charge in [0.1, 0.15) is 10.6 Å². The van der Waals surface area contributed by atoms with E-state index in [2.05, 4.69) is 10.4 Å². The van der Waals surface area contributed by atoms with Gasteiger partial charge in [-0.3, -0.25) is 4.79 Å². The number of nitrogens with zero attached hydrogens (tertiary/aromatic N) is 2. The number of nitrogens with two attached hydrogens (primary N) is 1. The lowest BCUT2D eigenvalue weighted by molar-refractivity contribution is 0.0930. The van der Waals surface area contributed by atoms with Gasteiger partial charge in [0.15, 0.2) is 0 Å². The van der Waals surface area contributed by atoms with Gasteiger partial charge < -0.3 is 11.1 Å². The molecule has 1 aliphatic rings. The van der Waals surface area contributed by atoms with Crippen molar-refractivity contribution in [2.45, 2.75) is 44.7 Å². The first kappa shape index (κ1) is 19.8. The first-order valence-corrected chi connectivity index (χ1v) is 9.64. The molecule has 0 spiro atoms. The lowest BCUT2D eigenvalue weighted by Gasteiger charge is -2.26. The van der Waals surface area contributed by atoms with Gasteiger partial charge in [0.2, 0.25) is 0 Å². The van der Waals surface area contributed by atoms with Crippen molar-refractivity contribution in [2.24, 2.45) is 5.73 Å². The van der Waals surface area contributed by atoms with Crippen molar-refractivity contribution in [1.82, 2.24) is 15.1 Å². The molecular weight excluding hydrogens is 387 g/mol. The fourth-order valence-electron chi connectivity index (χ4n) is 3.44. The van der Waals surface area contributed by atoms with Crippen LogP contribution in [-0.4, -0.2) is 27.8 Å². The number of fused-ring (bicyclic) bond motifs is 1. The maximum Gasteiger partial charge on any atom is 0.261 e. The molecule has 8 heteroatoms. The van der Waals surface area contributed by atoms with Crippen molar-refractivity contribution in [1.29, 1.82) is 0 Å². The van der Waals surface area contributed by atoms with Gasteiger partial charge in [-0.15, -0.1) is 23.7 Å². The lowest BCUT2D eigenvalue weighted by Crippen LogP contribution is -2.40. The van der Waals surface area contributed by atoms with Gasteiger partial charge in [-0.25, -0.2) is 9.07 Å². The number of hydrogen-bond donors (Lipinski definition) is 2. The highest BCUT2D eigenvalue weighted by molar-refractivity contribution is 7.20. The van der Waals surface area contributed by atoms with Crippen molar-refractivity contribution in [2.75, 3.05) is 0 Å². The van der Waals surface area contributed by atoms with Gasteiger partial charge >= 0.3 is 0 Å². The van der Waals surface area contributed by atoms with Crippen molar-refractivity contribution in [3.8, 4) is 5.69 Å². The van der Waals surface area contributed by atoms with Crippen LogP contribution in [0.2, 0.25) is 0 Å². The van der Waals surface area contributed by atoms with Gasteiger partial charge in [-0.2, -0.15) is 5.10 Å². The maximum atomic E-state index is 13.2. The Kier molecular flexibility index (Phi) is 5.83. The van der Waals surface area contributed by atoms with E-state index in [1.807, 2.05) is 13.0 Å². The highest BCUT2D eigenvalue weighted by Crippen LogP contribution is 2.30. The molecule has 0 radical (unpaired) electrons. The largest absolute Gasteiger partial charge is 0.349 e. The van der Waals surface area contributed by atoms with Gasteiger partial charge in [-0.1, -0.05) is 0 Å². The Morgan fingerprint density at radius 1 is 1.26 bits per heavy atom. The SMILES string of the molecule is Cc1nn(-c2ccc(F)cc2)c2sc(C(=O)NC3CCC(N)CC3)cc12.Cl. The minimum Gasteiger partial charge on any atom is -0.349 e. The highest BCUT2D eigenvalue weighted by Gasteiger charge is 2.22. The van der Waals surface area contributed by atoms with Crippen LogP contribution in [-0.2, 0) is 0 Å². The fraction of sp³-hybridized carbons (Fsp3) is 0.368. The van der Waals surface area contributed by atoms with E-state index in [9.17, 15) is 9.18 Å². The minimum atomic E-state index is -0.285. The van der Waals surface area contributed by atoms with Crippen molar-refractivity contribution >= 4 is 39.9 Å². The van der Waals surface area contributed by atoms with E-state index in [4.69, 9.17) is 5.73 Å². The molecule has 1 saturated carbocycles. The number of rotatable bonds is 3. The number of thiophene rings is 1. The van der Waals surface area contributed by atoms with E-state index in [-0.39, 0.29) is 36.2 Å². The number of amides is 1. The second-order valence-corrected chi connectivity index (χ2v) is 7.92. The second-order valence-electron chi connectivity index (χ2n) is 6.89. The molecule has 1 aliphatic carbocycles.